The van der Waals surface area contributed by atoms with Gasteiger partial charge in [-0.25, -0.2) is 9.67 Å². The third-order valence-corrected chi connectivity index (χ3v) is 4.03. The first kappa shape index (κ1) is 13.3. The Morgan fingerprint density at radius 2 is 2.00 bits per heavy atom. The average molecular weight is 294 g/mol. The molecule has 1 aromatic carbocycles. The van der Waals surface area contributed by atoms with Crippen LogP contribution >= 0.6 is 0 Å². The SMILES string of the molecule is CCc1cnc(CN2Cc3cnn(-c4ccccc4)c3C2)o1. The summed E-state index contributed by atoms with van der Waals surface area (Å²) in [5.41, 5.74) is 3.65. The minimum Gasteiger partial charge on any atom is -0.444 e. The van der Waals surface area contributed by atoms with Gasteiger partial charge in [-0.1, -0.05) is 25.1 Å². The zero-order valence-corrected chi connectivity index (χ0v) is 12.6. The maximum atomic E-state index is 5.71. The molecule has 0 unspecified atom stereocenters. The van der Waals surface area contributed by atoms with Crippen molar-refractivity contribution in [3.63, 3.8) is 0 Å². The van der Waals surface area contributed by atoms with Crippen LogP contribution in [-0.4, -0.2) is 19.7 Å². The van der Waals surface area contributed by atoms with Gasteiger partial charge >= 0.3 is 0 Å². The van der Waals surface area contributed by atoms with Crippen molar-refractivity contribution < 1.29 is 4.42 Å². The Morgan fingerprint density at radius 1 is 1.14 bits per heavy atom. The number of aryl methyl sites for hydroxylation is 1. The third-order valence-electron chi connectivity index (χ3n) is 4.03. The zero-order valence-electron chi connectivity index (χ0n) is 12.6. The number of hydrogen-bond donors (Lipinski definition) is 0. The van der Waals surface area contributed by atoms with Crippen molar-refractivity contribution >= 4 is 0 Å². The molecule has 0 spiro atoms. The lowest BCUT2D eigenvalue weighted by molar-refractivity contribution is 0.239. The van der Waals surface area contributed by atoms with Gasteiger partial charge in [0.05, 0.1) is 30.3 Å². The summed E-state index contributed by atoms with van der Waals surface area (Å²) in [7, 11) is 0. The molecule has 5 nitrogen and oxygen atoms in total. The highest BCUT2D eigenvalue weighted by Gasteiger charge is 2.25. The fourth-order valence-corrected chi connectivity index (χ4v) is 2.90. The molecule has 5 heteroatoms. The van der Waals surface area contributed by atoms with Crippen LogP contribution in [0.2, 0.25) is 0 Å². The summed E-state index contributed by atoms with van der Waals surface area (Å²) < 4.78 is 7.74. The van der Waals surface area contributed by atoms with Crippen molar-refractivity contribution in [2.24, 2.45) is 0 Å². The summed E-state index contributed by atoms with van der Waals surface area (Å²) in [6.07, 6.45) is 4.68. The second-order valence-electron chi connectivity index (χ2n) is 5.58. The predicted molar refractivity (Wildman–Crippen MR) is 82.4 cm³/mol. The van der Waals surface area contributed by atoms with Crippen LogP contribution < -0.4 is 0 Å². The summed E-state index contributed by atoms with van der Waals surface area (Å²) >= 11 is 0. The number of hydrogen-bond acceptors (Lipinski definition) is 4. The van der Waals surface area contributed by atoms with Crippen molar-refractivity contribution in [2.45, 2.75) is 33.0 Å². The van der Waals surface area contributed by atoms with Crippen LogP contribution in [0, 0.1) is 0 Å². The Hall–Kier alpha value is -2.40. The minimum atomic E-state index is 0.740. The molecule has 0 atom stereocenters. The van der Waals surface area contributed by atoms with Gasteiger partial charge in [0.25, 0.3) is 0 Å². The fourth-order valence-electron chi connectivity index (χ4n) is 2.90. The molecule has 0 bridgehead atoms. The van der Waals surface area contributed by atoms with Gasteiger partial charge in [-0.05, 0) is 12.1 Å². The van der Waals surface area contributed by atoms with E-state index in [1.807, 2.05) is 35.3 Å². The molecule has 0 saturated carbocycles. The summed E-state index contributed by atoms with van der Waals surface area (Å²) in [4.78, 5) is 6.68. The summed E-state index contributed by atoms with van der Waals surface area (Å²) in [5, 5.41) is 4.52. The normalized spacial score (nSPS) is 14.4. The minimum absolute atomic E-state index is 0.740. The molecule has 2 aromatic heterocycles. The fraction of sp³-hybridized carbons (Fsp3) is 0.294. The largest absolute Gasteiger partial charge is 0.444 e. The highest BCUT2D eigenvalue weighted by Crippen LogP contribution is 2.26. The van der Waals surface area contributed by atoms with Crippen LogP contribution in [0.15, 0.2) is 47.1 Å². The summed E-state index contributed by atoms with van der Waals surface area (Å²) in [6.45, 7) is 4.58. The Labute approximate surface area is 129 Å². The first-order valence-electron chi connectivity index (χ1n) is 7.60. The van der Waals surface area contributed by atoms with Crippen LogP contribution in [-0.2, 0) is 26.1 Å². The molecule has 0 saturated heterocycles. The first-order valence-corrected chi connectivity index (χ1v) is 7.60. The molecular formula is C17H18N4O. The summed E-state index contributed by atoms with van der Waals surface area (Å²) in [5.74, 6) is 1.74. The molecule has 0 radical (unpaired) electrons. The molecular weight excluding hydrogens is 276 g/mol. The smallest absolute Gasteiger partial charge is 0.208 e. The van der Waals surface area contributed by atoms with E-state index in [2.05, 4.69) is 34.0 Å². The second kappa shape index (κ2) is 5.42. The van der Waals surface area contributed by atoms with E-state index in [1.165, 1.54) is 11.3 Å². The van der Waals surface area contributed by atoms with E-state index in [-0.39, 0.29) is 0 Å². The van der Waals surface area contributed by atoms with Gasteiger partial charge in [0.2, 0.25) is 5.89 Å². The second-order valence-corrected chi connectivity index (χ2v) is 5.58. The van der Waals surface area contributed by atoms with Gasteiger partial charge in [0.1, 0.15) is 5.76 Å². The van der Waals surface area contributed by atoms with Crippen molar-refractivity contribution in [1.29, 1.82) is 0 Å². The Balaban J connectivity index is 1.53. The lowest BCUT2D eigenvalue weighted by atomic mass is 10.3. The monoisotopic (exact) mass is 294 g/mol. The lowest BCUT2D eigenvalue weighted by Gasteiger charge is -2.13. The first-order chi connectivity index (χ1) is 10.8. The van der Waals surface area contributed by atoms with Crippen molar-refractivity contribution in [2.75, 3.05) is 0 Å². The maximum Gasteiger partial charge on any atom is 0.208 e. The molecule has 22 heavy (non-hydrogen) atoms. The van der Waals surface area contributed by atoms with Gasteiger partial charge in [-0.15, -0.1) is 0 Å². The van der Waals surface area contributed by atoms with E-state index in [9.17, 15) is 0 Å². The van der Waals surface area contributed by atoms with Gasteiger partial charge < -0.3 is 4.42 Å². The van der Waals surface area contributed by atoms with E-state index < -0.39 is 0 Å². The standard InChI is InChI=1S/C17H18N4O/c1-2-15-9-18-17(22-15)12-20-10-13-8-19-21(16(13)11-20)14-6-4-3-5-7-14/h3-9H,2,10-12H2,1H3. The van der Waals surface area contributed by atoms with Gasteiger partial charge in [0.15, 0.2) is 0 Å². The number of nitrogens with zero attached hydrogens (tertiary/aromatic N) is 4. The predicted octanol–water partition coefficient (Wildman–Crippen LogP) is 2.94. The van der Waals surface area contributed by atoms with E-state index >= 15 is 0 Å². The number of rotatable bonds is 4. The average Bonchev–Trinajstić information content (AvgIpc) is 3.24. The number of para-hydroxylation sites is 1. The zero-order chi connectivity index (χ0) is 14.9. The molecule has 112 valence electrons. The van der Waals surface area contributed by atoms with Crippen LogP contribution in [0.25, 0.3) is 5.69 Å². The van der Waals surface area contributed by atoms with Crippen LogP contribution in [0.4, 0.5) is 0 Å². The van der Waals surface area contributed by atoms with Crippen molar-refractivity contribution in [3.05, 3.63) is 65.6 Å². The van der Waals surface area contributed by atoms with E-state index in [4.69, 9.17) is 4.42 Å². The van der Waals surface area contributed by atoms with Crippen LogP contribution in [0.3, 0.4) is 0 Å². The van der Waals surface area contributed by atoms with E-state index in [1.54, 1.807) is 0 Å². The highest BCUT2D eigenvalue weighted by molar-refractivity contribution is 5.36. The topological polar surface area (TPSA) is 47.1 Å². The van der Waals surface area contributed by atoms with Crippen LogP contribution in [0.1, 0.15) is 29.8 Å². The molecule has 3 heterocycles. The molecule has 0 aliphatic carbocycles. The van der Waals surface area contributed by atoms with Gasteiger partial charge in [-0.2, -0.15) is 5.10 Å². The van der Waals surface area contributed by atoms with Gasteiger partial charge in [0, 0.05) is 25.1 Å². The van der Waals surface area contributed by atoms with Crippen molar-refractivity contribution in [1.82, 2.24) is 19.7 Å². The molecule has 0 fully saturated rings. The van der Waals surface area contributed by atoms with E-state index in [0.29, 0.717) is 0 Å². The molecule has 3 aromatic rings. The maximum absolute atomic E-state index is 5.71. The highest BCUT2D eigenvalue weighted by atomic mass is 16.4. The third kappa shape index (κ3) is 2.33. The van der Waals surface area contributed by atoms with Gasteiger partial charge in [-0.3, -0.25) is 4.90 Å². The Kier molecular flexibility index (Phi) is 3.27. The lowest BCUT2D eigenvalue weighted by Crippen LogP contribution is -2.17. The number of benzene rings is 1. The number of oxazole rings is 1. The van der Waals surface area contributed by atoms with E-state index in [0.717, 1.165) is 43.4 Å². The Morgan fingerprint density at radius 3 is 2.77 bits per heavy atom. The molecule has 1 aliphatic rings. The molecule has 1 aliphatic heterocycles. The molecule has 0 N–H and O–H groups in total. The quantitative estimate of drug-likeness (QED) is 0.742. The number of aromatic nitrogens is 3. The molecule has 4 rings (SSSR count). The van der Waals surface area contributed by atoms with Crippen LogP contribution in [0.5, 0.6) is 0 Å². The van der Waals surface area contributed by atoms with Crippen molar-refractivity contribution in [3.8, 4) is 5.69 Å². The number of fused-ring (bicyclic) bond motifs is 1. The molecule has 0 amide bonds. The Bertz CT molecular complexity index is 775. The summed E-state index contributed by atoms with van der Waals surface area (Å²) in [6, 6.07) is 10.3.